The predicted molar refractivity (Wildman–Crippen MR) is 69.9 cm³/mol. The normalized spacial score (nSPS) is 12.6. The van der Waals surface area contributed by atoms with E-state index >= 15 is 0 Å². The van der Waals surface area contributed by atoms with E-state index in [0.29, 0.717) is 6.42 Å². The van der Waals surface area contributed by atoms with Crippen LogP contribution in [0.5, 0.6) is 11.5 Å². The molecule has 4 heteroatoms. The summed E-state index contributed by atoms with van der Waals surface area (Å²) in [6.45, 7) is 2.03. The van der Waals surface area contributed by atoms with Gasteiger partial charge in [0.2, 0.25) is 0 Å². The molecule has 0 amide bonds. The van der Waals surface area contributed by atoms with Crippen LogP contribution >= 0.6 is 0 Å². The van der Waals surface area contributed by atoms with Gasteiger partial charge in [0.05, 0.1) is 18.8 Å². The Morgan fingerprint density at radius 3 is 2.83 bits per heavy atom. The Labute approximate surface area is 106 Å². The molecule has 96 valence electrons. The number of aromatic hydroxyl groups is 1. The standard InChI is InChI=1S/C14H17NO3/c1-9(8-16)5-12-11-6-10(18-2)3-4-13(11)15-7-14(12)17/h3-4,6-7,9,16-17H,5,8H2,1-2H3. The Hall–Kier alpha value is -1.81. The molecule has 0 aliphatic heterocycles. The highest BCUT2D eigenvalue weighted by molar-refractivity contribution is 5.85. The summed E-state index contributed by atoms with van der Waals surface area (Å²) in [4.78, 5) is 4.18. The van der Waals surface area contributed by atoms with Gasteiger partial charge in [-0.15, -0.1) is 0 Å². The molecular weight excluding hydrogens is 230 g/mol. The van der Waals surface area contributed by atoms with Crippen LogP contribution in [0, 0.1) is 5.92 Å². The molecule has 1 aromatic carbocycles. The summed E-state index contributed by atoms with van der Waals surface area (Å²) in [5, 5.41) is 19.9. The van der Waals surface area contributed by atoms with Crippen molar-refractivity contribution < 1.29 is 14.9 Å². The van der Waals surface area contributed by atoms with Gasteiger partial charge >= 0.3 is 0 Å². The van der Waals surface area contributed by atoms with Gasteiger partial charge in [-0.05, 0) is 30.5 Å². The van der Waals surface area contributed by atoms with Gasteiger partial charge in [-0.3, -0.25) is 4.98 Å². The summed E-state index contributed by atoms with van der Waals surface area (Å²) in [6.07, 6.45) is 2.06. The van der Waals surface area contributed by atoms with Crippen molar-refractivity contribution in [2.75, 3.05) is 13.7 Å². The molecule has 0 aliphatic rings. The third-order valence-corrected chi connectivity index (χ3v) is 3.03. The Morgan fingerprint density at radius 1 is 1.39 bits per heavy atom. The van der Waals surface area contributed by atoms with Gasteiger partial charge in [-0.1, -0.05) is 6.92 Å². The fourth-order valence-electron chi connectivity index (χ4n) is 1.97. The molecule has 0 saturated carbocycles. The van der Waals surface area contributed by atoms with Crippen LogP contribution < -0.4 is 4.74 Å². The molecule has 2 aromatic rings. The third kappa shape index (κ3) is 2.38. The number of aromatic nitrogens is 1. The summed E-state index contributed by atoms with van der Waals surface area (Å²) >= 11 is 0. The summed E-state index contributed by atoms with van der Waals surface area (Å²) < 4.78 is 5.19. The minimum Gasteiger partial charge on any atom is -0.506 e. The Bertz CT molecular complexity index is 554. The van der Waals surface area contributed by atoms with Crippen LogP contribution in [0.4, 0.5) is 0 Å². The SMILES string of the molecule is COc1ccc2ncc(O)c(CC(C)CO)c2c1. The van der Waals surface area contributed by atoms with Crippen molar-refractivity contribution in [1.82, 2.24) is 4.98 Å². The number of pyridine rings is 1. The largest absolute Gasteiger partial charge is 0.506 e. The van der Waals surface area contributed by atoms with Crippen LogP contribution in [-0.4, -0.2) is 28.9 Å². The van der Waals surface area contributed by atoms with Crippen LogP contribution in [0.25, 0.3) is 10.9 Å². The van der Waals surface area contributed by atoms with Gasteiger partial charge in [0.15, 0.2) is 0 Å². The molecule has 1 atom stereocenters. The molecule has 0 aliphatic carbocycles. The van der Waals surface area contributed by atoms with Crippen LogP contribution in [0.2, 0.25) is 0 Å². The summed E-state index contributed by atoms with van der Waals surface area (Å²) in [5.74, 6) is 0.983. The maximum atomic E-state index is 9.93. The van der Waals surface area contributed by atoms with Gasteiger partial charge in [-0.2, -0.15) is 0 Å². The first-order valence-corrected chi connectivity index (χ1v) is 5.91. The second-order valence-electron chi connectivity index (χ2n) is 4.50. The first kappa shape index (κ1) is 12.6. The molecule has 0 saturated heterocycles. The molecule has 1 aromatic heterocycles. The highest BCUT2D eigenvalue weighted by Crippen LogP contribution is 2.30. The van der Waals surface area contributed by atoms with Gasteiger partial charge in [0.1, 0.15) is 11.5 Å². The summed E-state index contributed by atoms with van der Waals surface area (Å²) in [5.41, 5.74) is 1.62. The van der Waals surface area contributed by atoms with E-state index in [1.807, 2.05) is 25.1 Å². The van der Waals surface area contributed by atoms with Crippen molar-refractivity contribution in [1.29, 1.82) is 0 Å². The molecule has 1 unspecified atom stereocenters. The first-order valence-electron chi connectivity index (χ1n) is 5.91. The third-order valence-electron chi connectivity index (χ3n) is 3.03. The Kier molecular flexibility index (Phi) is 3.67. The molecule has 0 bridgehead atoms. The average molecular weight is 247 g/mol. The van der Waals surface area contributed by atoms with Crippen molar-refractivity contribution in [2.45, 2.75) is 13.3 Å². The molecule has 18 heavy (non-hydrogen) atoms. The number of methoxy groups -OCH3 is 1. The number of aliphatic hydroxyl groups is 1. The lowest BCUT2D eigenvalue weighted by Gasteiger charge is -2.13. The van der Waals surface area contributed by atoms with Crippen LogP contribution in [0.15, 0.2) is 24.4 Å². The van der Waals surface area contributed by atoms with E-state index < -0.39 is 0 Å². The molecule has 0 radical (unpaired) electrons. The second kappa shape index (κ2) is 5.23. The monoisotopic (exact) mass is 247 g/mol. The smallest absolute Gasteiger partial charge is 0.137 e. The number of ether oxygens (including phenoxy) is 1. The van der Waals surface area contributed by atoms with E-state index in [1.165, 1.54) is 6.20 Å². The van der Waals surface area contributed by atoms with Gasteiger partial charge in [0, 0.05) is 17.6 Å². The van der Waals surface area contributed by atoms with Gasteiger partial charge < -0.3 is 14.9 Å². The van der Waals surface area contributed by atoms with E-state index in [2.05, 4.69) is 4.98 Å². The van der Waals surface area contributed by atoms with Gasteiger partial charge in [0.25, 0.3) is 0 Å². The highest BCUT2D eigenvalue weighted by Gasteiger charge is 2.12. The zero-order valence-electron chi connectivity index (χ0n) is 10.6. The number of hydrogen-bond acceptors (Lipinski definition) is 4. The fourth-order valence-corrected chi connectivity index (χ4v) is 1.97. The van der Waals surface area contributed by atoms with E-state index in [9.17, 15) is 5.11 Å². The van der Waals surface area contributed by atoms with Crippen LogP contribution in [-0.2, 0) is 6.42 Å². The second-order valence-corrected chi connectivity index (χ2v) is 4.50. The lowest BCUT2D eigenvalue weighted by molar-refractivity contribution is 0.236. The van der Waals surface area contributed by atoms with E-state index in [0.717, 1.165) is 22.2 Å². The fraction of sp³-hybridized carbons (Fsp3) is 0.357. The number of nitrogens with zero attached hydrogens (tertiary/aromatic N) is 1. The minimum atomic E-state index is 0.0905. The lowest BCUT2D eigenvalue weighted by atomic mass is 9.98. The van der Waals surface area contributed by atoms with Crippen molar-refractivity contribution >= 4 is 10.9 Å². The number of aliphatic hydroxyl groups excluding tert-OH is 1. The first-order chi connectivity index (χ1) is 8.65. The summed E-state index contributed by atoms with van der Waals surface area (Å²) in [6, 6.07) is 5.56. The average Bonchev–Trinajstić information content (AvgIpc) is 2.41. The number of rotatable bonds is 4. The summed E-state index contributed by atoms with van der Waals surface area (Å²) in [7, 11) is 1.60. The van der Waals surface area contributed by atoms with Crippen molar-refractivity contribution in [3.63, 3.8) is 0 Å². The molecular formula is C14H17NO3. The molecule has 0 fully saturated rings. The zero-order valence-corrected chi connectivity index (χ0v) is 10.6. The molecule has 0 spiro atoms. The number of hydrogen-bond donors (Lipinski definition) is 2. The van der Waals surface area contributed by atoms with Gasteiger partial charge in [-0.25, -0.2) is 0 Å². The maximum Gasteiger partial charge on any atom is 0.137 e. The van der Waals surface area contributed by atoms with Crippen LogP contribution in [0.3, 0.4) is 0 Å². The molecule has 2 rings (SSSR count). The van der Waals surface area contributed by atoms with E-state index in [-0.39, 0.29) is 18.3 Å². The van der Waals surface area contributed by atoms with E-state index in [1.54, 1.807) is 7.11 Å². The number of fused-ring (bicyclic) bond motifs is 1. The van der Waals surface area contributed by atoms with Crippen molar-refractivity contribution in [2.24, 2.45) is 5.92 Å². The van der Waals surface area contributed by atoms with Crippen LogP contribution in [0.1, 0.15) is 12.5 Å². The quantitative estimate of drug-likeness (QED) is 0.868. The zero-order chi connectivity index (χ0) is 13.1. The highest BCUT2D eigenvalue weighted by atomic mass is 16.5. The predicted octanol–water partition coefficient (Wildman–Crippen LogP) is 2.12. The Balaban J connectivity index is 2.56. The Morgan fingerprint density at radius 2 is 2.17 bits per heavy atom. The molecule has 1 heterocycles. The lowest BCUT2D eigenvalue weighted by Crippen LogP contribution is -2.05. The van der Waals surface area contributed by atoms with E-state index in [4.69, 9.17) is 9.84 Å². The van der Waals surface area contributed by atoms with Crippen molar-refractivity contribution in [3.05, 3.63) is 30.0 Å². The molecule has 2 N–H and O–H groups in total. The maximum absolute atomic E-state index is 9.93. The minimum absolute atomic E-state index is 0.0905. The van der Waals surface area contributed by atoms with Crippen molar-refractivity contribution in [3.8, 4) is 11.5 Å². The molecule has 4 nitrogen and oxygen atoms in total. The number of benzene rings is 1. The topological polar surface area (TPSA) is 62.6 Å².